The first-order valence-electron chi connectivity index (χ1n) is 6.79. The Labute approximate surface area is 124 Å². The lowest BCUT2D eigenvalue weighted by atomic mass is 10.1. The van der Waals surface area contributed by atoms with Gasteiger partial charge in [-0.2, -0.15) is 0 Å². The molecular weight excluding hydrogens is 266 g/mol. The molecule has 4 heteroatoms. The quantitative estimate of drug-likeness (QED) is 0.888. The van der Waals surface area contributed by atoms with E-state index in [0.717, 1.165) is 22.4 Å². The Balaban J connectivity index is 1.98. The van der Waals surface area contributed by atoms with Crippen LogP contribution in [0.5, 0.6) is 5.75 Å². The molecule has 0 spiro atoms. The maximum atomic E-state index is 11.9. The van der Waals surface area contributed by atoms with Crippen molar-refractivity contribution in [2.75, 3.05) is 11.9 Å². The largest absolute Gasteiger partial charge is 0.483 e. The van der Waals surface area contributed by atoms with Crippen molar-refractivity contribution in [3.8, 4) is 5.75 Å². The highest BCUT2D eigenvalue weighted by Crippen LogP contribution is 2.24. The van der Waals surface area contributed by atoms with Gasteiger partial charge in [0.2, 0.25) is 0 Å². The van der Waals surface area contributed by atoms with Gasteiger partial charge in [0.15, 0.2) is 6.61 Å². The number of nitrogens with one attached hydrogen (secondary N) is 1. The van der Waals surface area contributed by atoms with Crippen LogP contribution in [0.25, 0.3) is 0 Å². The zero-order valence-electron chi connectivity index (χ0n) is 12.2. The van der Waals surface area contributed by atoms with E-state index in [2.05, 4.69) is 5.32 Å². The van der Waals surface area contributed by atoms with E-state index >= 15 is 0 Å². The van der Waals surface area contributed by atoms with Gasteiger partial charge in [-0.25, -0.2) is 0 Å². The molecule has 0 saturated heterocycles. The van der Waals surface area contributed by atoms with E-state index < -0.39 is 0 Å². The predicted octanol–water partition coefficient (Wildman–Crippen LogP) is 2.81. The van der Waals surface area contributed by atoms with E-state index in [4.69, 9.17) is 9.84 Å². The minimum Gasteiger partial charge on any atom is -0.483 e. The van der Waals surface area contributed by atoms with Crippen molar-refractivity contribution in [3.63, 3.8) is 0 Å². The van der Waals surface area contributed by atoms with Crippen LogP contribution in [0.1, 0.15) is 16.7 Å². The second kappa shape index (κ2) is 6.90. The number of aliphatic hydroxyl groups is 1. The van der Waals surface area contributed by atoms with Crippen molar-refractivity contribution in [2.24, 2.45) is 0 Å². The van der Waals surface area contributed by atoms with Gasteiger partial charge in [-0.1, -0.05) is 30.3 Å². The molecule has 0 aliphatic heterocycles. The number of carbonyl (C=O) groups excluding carboxylic acids is 1. The molecule has 2 aromatic carbocycles. The van der Waals surface area contributed by atoms with Crippen LogP contribution in [0, 0.1) is 13.8 Å². The van der Waals surface area contributed by atoms with E-state index in [1.165, 1.54) is 0 Å². The number of rotatable bonds is 5. The standard InChI is InChI=1S/C17H19NO3/c1-12-8-14(10-19)9-13(2)17(12)21-11-16(20)18-15-6-4-3-5-7-15/h3-9,19H,10-11H2,1-2H3,(H,18,20). The first-order valence-corrected chi connectivity index (χ1v) is 6.79. The minimum atomic E-state index is -0.203. The van der Waals surface area contributed by atoms with Crippen LogP contribution in [-0.2, 0) is 11.4 Å². The van der Waals surface area contributed by atoms with E-state index in [1.807, 2.05) is 56.3 Å². The topological polar surface area (TPSA) is 58.6 Å². The summed E-state index contributed by atoms with van der Waals surface area (Å²) in [6, 6.07) is 13.0. The van der Waals surface area contributed by atoms with E-state index in [9.17, 15) is 4.79 Å². The first kappa shape index (κ1) is 15.1. The van der Waals surface area contributed by atoms with Gasteiger partial charge in [0.05, 0.1) is 6.61 Å². The number of hydrogen-bond acceptors (Lipinski definition) is 3. The molecule has 1 amide bonds. The maximum Gasteiger partial charge on any atom is 0.262 e. The van der Waals surface area contributed by atoms with Crippen LogP contribution in [0.3, 0.4) is 0 Å². The smallest absolute Gasteiger partial charge is 0.262 e. The number of aryl methyl sites for hydroxylation is 2. The van der Waals surface area contributed by atoms with E-state index in [0.29, 0.717) is 5.75 Å². The highest BCUT2D eigenvalue weighted by Gasteiger charge is 2.09. The number of ether oxygens (including phenoxy) is 1. The second-order valence-electron chi connectivity index (χ2n) is 4.92. The third kappa shape index (κ3) is 4.07. The summed E-state index contributed by atoms with van der Waals surface area (Å²) in [6.45, 7) is 3.75. The first-order chi connectivity index (χ1) is 10.1. The number of hydrogen-bond donors (Lipinski definition) is 2. The second-order valence-corrected chi connectivity index (χ2v) is 4.92. The molecule has 0 unspecified atom stereocenters. The number of aliphatic hydroxyl groups excluding tert-OH is 1. The Morgan fingerprint density at radius 3 is 2.33 bits per heavy atom. The normalized spacial score (nSPS) is 10.2. The molecule has 4 nitrogen and oxygen atoms in total. The zero-order valence-corrected chi connectivity index (χ0v) is 12.2. The molecule has 2 aromatic rings. The lowest BCUT2D eigenvalue weighted by molar-refractivity contribution is -0.118. The summed E-state index contributed by atoms with van der Waals surface area (Å²) in [5.41, 5.74) is 3.40. The minimum absolute atomic E-state index is 0.00352. The van der Waals surface area contributed by atoms with Crippen molar-refractivity contribution in [1.82, 2.24) is 0 Å². The summed E-state index contributed by atoms with van der Waals surface area (Å²) >= 11 is 0. The van der Waals surface area contributed by atoms with Crippen LogP contribution in [0.4, 0.5) is 5.69 Å². The highest BCUT2D eigenvalue weighted by molar-refractivity contribution is 5.91. The third-order valence-corrected chi connectivity index (χ3v) is 3.11. The molecule has 2 N–H and O–H groups in total. The summed E-state index contributed by atoms with van der Waals surface area (Å²) in [5, 5.41) is 11.9. The summed E-state index contributed by atoms with van der Waals surface area (Å²) in [5.74, 6) is 0.488. The lowest BCUT2D eigenvalue weighted by Crippen LogP contribution is -2.20. The number of amides is 1. The molecule has 2 rings (SSSR count). The van der Waals surface area contributed by atoms with Crippen LogP contribution in [-0.4, -0.2) is 17.6 Å². The van der Waals surface area contributed by atoms with E-state index in [-0.39, 0.29) is 19.1 Å². The average molecular weight is 285 g/mol. The molecule has 0 saturated carbocycles. The van der Waals surface area contributed by atoms with Gasteiger partial charge in [0, 0.05) is 5.69 Å². The molecule has 0 aromatic heterocycles. The molecule has 0 aliphatic carbocycles. The van der Waals surface area contributed by atoms with Crippen LogP contribution in [0.15, 0.2) is 42.5 Å². The summed E-state index contributed by atoms with van der Waals surface area (Å²) in [4.78, 5) is 11.9. The van der Waals surface area contributed by atoms with Gasteiger partial charge in [-0.05, 0) is 42.7 Å². The molecule has 110 valence electrons. The Morgan fingerprint density at radius 1 is 1.14 bits per heavy atom. The number of para-hydroxylation sites is 1. The lowest BCUT2D eigenvalue weighted by Gasteiger charge is -2.13. The summed E-state index contributed by atoms with van der Waals surface area (Å²) < 4.78 is 5.61. The van der Waals surface area contributed by atoms with Crippen molar-refractivity contribution in [2.45, 2.75) is 20.5 Å². The molecule has 0 heterocycles. The van der Waals surface area contributed by atoms with Gasteiger partial charge >= 0.3 is 0 Å². The van der Waals surface area contributed by atoms with E-state index in [1.54, 1.807) is 0 Å². The Kier molecular flexibility index (Phi) is 4.95. The van der Waals surface area contributed by atoms with Gasteiger partial charge < -0.3 is 15.2 Å². The van der Waals surface area contributed by atoms with Gasteiger partial charge in [-0.15, -0.1) is 0 Å². The van der Waals surface area contributed by atoms with Crippen LogP contribution in [0.2, 0.25) is 0 Å². The Bertz CT molecular complexity index is 600. The SMILES string of the molecule is Cc1cc(CO)cc(C)c1OCC(=O)Nc1ccccc1. The number of benzene rings is 2. The highest BCUT2D eigenvalue weighted by atomic mass is 16.5. The summed E-state index contributed by atoms with van der Waals surface area (Å²) in [6.07, 6.45) is 0. The monoisotopic (exact) mass is 285 g/mol. The fourth-order valence-corrected chi connectivity index (χ4v) is 2.22. The van der Waals surface area contributed by atoms with Crippen LogP contribution < -0.4 is 10.1 Å². The predicted molar refractivity (Wildman–Crippen MR) is 82.4 cm³/mol. The van der Waals surface area contributed by atoms with Crippen LogP contribution >= 0.6 is 0 Å². The van der Waals surface area contributed by atoms with Gasteiger partial charge in [0.25, 0.3) is 5.91 Å². The van der Waals surface area contributed by atoms with Gasteiger partial charge in [0.1, 0.15) is 5.75 Å². The van der Waals surface area contributed by atoms with Crippen molar-refractivity contribution < 1.29 is 14.6 Å². The maximum absolute atomic E-state index is 11.9. The van der Waals surface area contributed by atoms with Crippen molar-refractivity contribution in [3.05, 3.63) is 59.2 Å². The third-order valence-electron chi connectivity index (χ3n) is 3.11. The molecular formula is C17H19NO3. The molecule has 0 radical (unpaired) electrons. The van der Waals surface area contributed by atoms with Gasteiger partial charge in [-0.3, -0.25) is 4.79 Å². The molecule has 0 fully saturated rings. The van der Waals surface area contributed by atoms with Crippen molar-refractivity contribution in [1.29, 1.82) is 0 Å². The number of carbonyl (C=O) groups is 1. The molecule has 21 heavy (non-hydrogen) atoms. The average Bonchev–Trinajstić information content (AvgIpc) is 2.47. The molecule has 0 atom stereocenters. The Hall–Kier alpha value is -2.33. The number of anilines is 1. The fourth-order valence-electron chi connectivity index (χ4n) is 2.22. The summed E-state index contributed by atoms with van der Waals surface area (Å²) in [7, 11) is 0. The van der Waals surface area contributed by atoms with Crippen molar-refractivity contribution >= 4 is 11.6 Å². The Morgan fingerprint density at radius 2 is 1.76 bits per heavy atom. The fraction of sp³-hybridized carbons (Fsp3) is 0.235. The molecule has 0 aliphatic rings. The zero-order chi connectivity index (χ0) is 15.2. The molecule has 0 bridgehead atoms.